The molecule has 3 amide bonds. The molecule has 172 valence electrons. The molecule has 1 aliphatic rings. The van der Waals surface area contributed by atoms with Crippen LogP contribution in [0, 0.1) is 5.82 Å². The van der Waals surface area contributed by atoms with Gasteiger partial charge >= 0.3 is 18.3 Å². The second-order valence-electron chi connectivity index (χ2n) is 7.39. The molecule has 1 aliphatic heterocycles. The monoisotopic (exact) mass is 460 g/mol. The second kappa shape index (κ2) is 8.36. The van der Waals surface area contributed by atoms with Crippen LogP contribution in [0.3, 0.4) is 0 Å². The number of rotatable bonds is 4. The highest BCUT2D eigenvalue weighted by Gasteiger charge is 2.44. The molecule has 11 heteroatoms. The summed E-state index contributed by atoms with van der Waals surface area (Å²) in [7, 11) is 0. The van der Waals surface area contributed by atoms with Crippen LogP contribution in [0.4, 0.5) is 35.9 Å². The summed E-state index contributed by atoms with van der Waals surface area (Å²) >= 11 is 0. The molecular formula is C21H18F6N2O3. The minimum absolute atomic E-state index is 0.116. The van der Waals surface area contributed by atoms with Crippen molar-refractivity contribution in [3.8, 4) is 0 Å². The van der Waals surface area contributed by atoms with Gasteiger partial charge in [0, 0.05) is 19.0 Å². The number of carbonyl (C=O) groups is 2. The number of halogens is 6. The predicted octanol–water partition coefficient (Wildman–Crippen LogP) is 5.75. The fraction of sp³-hybridized carbons (Fsp3) is 0.333. The number of ether oxygens (including phenoxy) is 1. The maximum absolute atomic E-state index is 13.7. The molecule has 0 saturated carbocycles. The average Bonchev–Trinajstić information content (AvgIpc) is 2.98. The van der Waals surface area contributed by atoms with Gasteiger partial charge in [0.2, 0.25) is 0 Å². The van der Waals surface area contributed by atoms with Crippen molar-refractivity contribution in [3.63, 3.8) is 0 Å². The largest absolute Gasteiger partial charge is 0.439 e. The van der Waals surface area contributed by atoms with Gasteiger partial charge in [-0.15, -0.1) is 0 Å². The van der Waals surface area contributed by atoms with Crippen LogP contribution in [0.5, 0.6) is 0 Å². The van der Waals surface area contributed by atoms with Crippen molar-refractivity contribution in [1.29, 1.82) is 0 Å². The van der Waals surface area contributed by atoms with E-state index < -0.39 is 47.7 Å². The molecular weight excluding hydrogens is 442 g/mol. The van der Waals surface area contributed by atoms with Crippen LogP contribution >= 0.6 is 0 Å². The molecule has 5 nitrogen and oxygen atoms in total. The molecule has 32 heavy (non-hydrogen) atoms. The Kier molecular flexibility index (Phi) is 6.12. The number of alkyl halides is 5. The van der Waals surface area contributed by atoms with Gasteiger partial charge in [0.25, 0.3) is 5.92 Å². The Balaban J connectivity index is 1.78. The minimum Gasteiger partial charge on any atom is -0.439 e. The molecule has 2 aromatic rings. The zero-order chi connectivity index (χ0) is 23.8. The fourth-order valence-corrected chi connectivity index (χ4v) is 3.48. The number of nitrogens with zero attached hydrogens (tertiary/aromatic N) is 1. The van der Waals surface area contributed by atoms with Crippen molar-refractivity contribution in [1.82, 2.24) is 10.2 Å². The number of hydrogen-bond acceptors (Lipinski definition) is 3. The Bertz CT molecular complexity index is 1030. The van der Waals surface area contributed by atoms with Crippen LogP contribution in [0.15, 0.2) is 42.5 Å². The van der Waals surface area contributed by atoms with E-state index >= 15 is 0 Å². The Hall–Kier alpha value is -3.24. The van der Waals surface area contributed by atoms with Gasteiger partial charge in [-0.1, -0.05) is 24.3 Å². The first-order valence-corrected chi connectivity index (χ1v) is 9.40. The maximum Gasteiger partial charge on any atom is 0.419 e. The molecule has 0 bridgehead atoms. The van der Waals surface area contributed by atoms with E-state index in [2.05, 4.69) is 5.32 Å². The molecule has 0 radical (unpaired) electrons. The molecule has 2 aromatic carbocycles. The number of nitrogens with one attached hydrogen (secondary N) is 1. The highest BCUT2D eigenvalue weighted by molar-refractivity contribution is 5.92. The quantitative estimate of drug-likeness (QED) is 0.592. The van der Waals surface area contributed by atoms with Crippen molar-refractivity contribution in [3.05, 3.63) is 70.5 Å². The highest BCUT2D eigenvalue weighted by Crippen LogP contribution is 2.37. The number of amides is 3. The van der Waals surface area contributed by atoms with E-state index in [0.717, 1.165) is 6.07 Å². The molecule has 0 unspecified atom stereocenters. The number of carbonyl (C=O) groups excluding carboxylic acids is 2. The molecule has 1 fully saturated rings. The first kappa shape index (κ1) is 23.4. The summed E-state index contributed by atoms with van der Waals surface area (Å²) in [5.41, 5.74) is -1.74. The highest BCUT2D eigenvalue weighted by atomic mass is 19.4. The van der Waals surface area contributed by atoms with Gasteiger partial charge in [-0.25, -0.2) is 27.7 Å². The summed E-state index contributed by atoms with van der Waals surface area (Å²) < 4.78 is 85.2. The number of urea groups is 1. The third-order valence-corrected chi connectivity index (χ3v) is 4.99. The Morgan fingerprint density at radius 1 is 1.12 bits per heavy atom. The zero-order valence-corrected chi connectivity index (χ0v) is 16.8. The van der Waals surface area contributed by atoms with Crippen molar-refractivity contribution < 1.29 is 40.7 Å². The van der Waals surface area contributed by atoms with E-state index in [0.29, 0.717) is 24.0 Å². The van der Waals surface area contributed by atoms with E-state index in [1.165, 1.54) is 31.2 Å². The molecule has 0 aliphatic carbocycles. The minimum atomic E-state index is -4.82. The topological polar surface area (TPSA) is 58.6 Å². The molecule has 1 N–H and O–H groups in total. The Labute approximate surface area is 179 Å². The lowest BCUT2D eigenvalue weighted by Crippen LogP contribution is -2.44. The van der Waals surface area contributed by atoms with Crippen molar-refractivity contribution in [2.24, 2.45) is 0 Å². The van der Waals surface area contributed by atoms with Gasteiger partial charge in [-0.2, -0.15) is 13.2 Å². The zero-order valence-electron chi connectivity index (χ0n) is 16.8. The second-order valence-corrected chi connectivity index (χ2v) is 7.39. The summed E-state index contributed by atoms with van der Waals surface area (Å²) in [6.45, 7) is 1.70. The lowest BCUT2D eigenvalue weighted by Gasteiger charge is -2.21. The summed E-state index contributed by atoms with van der Waals surface area (Å²) in [5, 5.41) is 2.33. The fourth-order valence-electron chi connectivity index (χ4n) is 3.48. The smallest absolute Gasteiger partial charge is 0.419 e. The van der Waals surface area contributed by atoms with Gasteiger partial charge in [-0.05, 0) is 36.2 Å². The van der Waals surface area contributed by atoms with Gasteiger partial charge in [-0.3, -0.25) is 0 Å². The summed E-state index contributed by atoms with van der Waals surface area (Å²) in [5.74, 6) is -4.35. The summed E-state index contributed by atoms with van der Waals surface area (Å²) in [6.07, 6.45) is -7.33. The normalized spacial score (nSPS) is 19.1. The van der Waals surface area contributed by atoms with Crippen LogP contribution in [0.25, 0.3) is 0 Å². The number of benzene rings is 2. The van der Waals surface area contributed by atoms with Gasteiger partial charge < -0.3 is 10.1 Å². The van der Waals surface area contributed by atoms with E-state index in [4.69, 9.17) is 4.74 Å². The van der Waals surface area contributed by atoms with Crippen molar-refractivity contribution >= 4 is 12.1 Å². The molecule has 1 heterocycles. The average molecular weight is 460 g/mol. The van der Waals surface area contributed by atoms with E-state index in [-0.39, 0.29) is 23.2 Å². The first-order chi connectivity index (χ1) is 14.8. The van der Waals surface area contributed by atoms with Crippen molar-refractivity contribution in [2.75, 3.05) is 0 Å². The van der Waals surface area contributed by atoms with Crippen LogP contribution < -0.4 is 5.32 Å². The van der Waals surface area contributed by atoms with Gasteiger partial charge in [0.15, 0.2) is 0 Å². The third kappa shape index (κ3) is 4.81. The van der Waals surface area contributed by atoms with E-state index in [1.807, 2.05) is 0 Å². The van der Waals surface area contributed by atoms with E-state index in [1.54, 1.807) is 0 Å². The Morgan fingerprint density at radius 2 is 1.78 bits per heavy atom. The van der Waals surface area contributed by atoms with Crippen LogP contribution in [-0.2, 0) is 23.4 Å². The number of cyclic esters (lactones) is 1. The molecule has 1 saturated heterocycles. The molecule has 0 aromatic heterocycles. The van der Waals surface area contributed by atoms with Crippen molar-refractivity contribution in [2.45, 2.75) is 44.6 Å². The van der Waals surface area contributed by atoms with Crippen LogP contribution in [0.1, 0.15) is 42.2 Å². The van der Waals surface area contributed by atoms with Gasteiger partial charge in [0.05, 0.1) is 11.6 Å². The molecule has 3 rings (SSSR count). The van der Waals surface area contributed by atoms with Crippen LogP contribution in [-0.4, -0.2) is 23.1 Å². The van der Waals surface area contributed by atoms with E-state index in [9.17, 15) is 35.9 Å². The summed E-state index contributed by atoms with van der Waals surface area (Å²) in [6, 6.07) is 5.14. The summed E-state index contributed by atoms with van der Waals surface area (Å²) in [4.78, 5) is 25.4. The number of imide groups is 1. The SMILES string of the molecule is C[C@H]1[C@@H](c2cc(F)cc(C(F)(F)F)c2)OC(=O)N1C(=O)NCc1ccccc1C(C)(F)F. The molecule has 2 atom stereocenters. The predicted molar refractivity (Wildman–Crippen MR) is 100 cm³/mol. The Morgan fingerprint density at radius 3 is 2.41 bits per heavy atom. The standard InChI is InChI=1S/C21H18F6N2O3/c1-11-17(13-7-14(21(25,26)27)9-15(22)8-13)32-19(31)29(11)18(30)28-10-12-5-3-4-6-16(12)20(2,23)24/h3-9,11,17H,10H2,1-2H3,(H,28,30)/t11-,17-/m0/s1. The van der Waals surface area contributed by atoms with Gasteiger partial charge in [0.1, 0.15) is 11.9 Å². The lowest BCUT2D eigenvalue weighted by molar-refractivity contribution is -0.137. The molecule has 0 spiro atoms. The van der Waals surface area contributed by atoms with Crippen LogP contribution in [0.2, 0.25) is 0 Å². The first-order valence-electron chi connectivity index (χ1n) is 9.40. The third-order valence-electron chi connectivity index (χ3n) is 4.99. The lowest BCUT2D eigenvalue weighted by atomic mass is 10.0. The maximum atomic E-state index is 13.7. The number of hydrogen-bond donors (Lipinski definition) is 1.